The highest BCUT2D eigenvalue weighted by molar-refractivity contribution is 9.11. The summed E-state index contributed by atoms with van der Waals surface area (Å²) >= 11 is 7.11. The highest BCUT2D eigenvalue weighted by Crippen LogP contribution is 2.28. The Labute approximate surface area is 127 Å². The summed E-state index contributed by atoms with van der Waals surface area (Å²) in [4.78, 5) is 0. The van der Waals surface area contributed by atoms with Gasteiger partial charge in [-0.05, 0) is 49.6 Å². The molecule has 18 heavy (non-hydrogen) atoms. The zero-order valence-corrected chi connectivity index (χ0v) is 14.3. The predicted molar refractivity (Wildman–Crippen MR) is 86.9 cm³/mol. The van der Waals surface area contributed by atoms with E-state index in [4.69, 9.17) is 0 Å². The van der Waals surface area contributed by atoms with E-state index >= 15 is 0 Å². The molecule has 1 atom stereocenters. The van der Waals surface area contributed by atoms with Gasteiger partial charge in [0.25, 0.3) is 0 Å². The maximum atomic E-state index is 4.13. The minimum atomic E-state index is 0.353. The van der Waals surface area contributed by atoms with E-state index < -0.39 is 0 Å². The van der Waals surface area contributed by atoms with Crippen molar-refractivity contribution in [3.63, 3.8) is 0 Å². The molecule has 1 unspecified atom stereocenters. The van der Waals surface area contributed by atoms with Crippen LogP contribution in [0.2, 0.25) is 0 Å². The van der Waals surface area contributed by atoms with Gasteiger partial charge in [0.15, 0.2) is 0 Å². The third kappa shape index (κ3) is 5.25. The van der Waals surface area contributed by atoms with Crippen molar-refractivity contribution in [3.05, 3.63) is 44.9 Å². The van der Waals surface area contributed by atoms with Crippen LogP contribution >= 0.6 is 31.9 Å². The second-order valence-electron chi connectivity index (χ2n) is 4.52. The van der Waals surface area contributed by atoms with Gasteiger partial charge < -0.3 is 5.32 Å². The summed E-state index contributed by atoms with van der Waals surface area (Å²) in [5.41, 5.74) is 2.60. The van der Waals surface area contributed by atoms with E-state index in [1.54, 1.807) is 0 Å². The molecule has 0 saturated heterocycles. The average molecular weight is 375 g/mol. The SMILES string of the molecule is C=C(CC)CC(NCCC)c1cc(Br)cc(Br)c1. The Morgan fingerprint density at radius 1 is 1.22 bits per heavy atom. The first-order chi connectivity index (χ1) is 8.56. The predicted octanol–water partition coefficient (Wildman–Crippen LogP) is 5.61. The van der Waals surface area contributed by atoms with Crippen LogP contribution in [0.25, 0.3) is 0 Å². The molecule has 0 heterocycles. The van der Waals surface area contributed by atoms with E-state index in [0.717, 1.165) is 34.8 Å². The van der Waals surface area contributed by atoms with Gasteiger partial charge in [-0.3, -0.25) is 0 Å². The van der Waals surface area contributed by atoms with Crippen LogP contribution in [0.1, 0.15) is 44.7 Å². The van der Waals surface area contributed by atoms with Crippen LogP contribution in [-0.2, 0) is 0 Å². The van der Waals surface area contributed by atoms with Crippen LogP contribution in [-0.4, -0.2) is 6.54 Å². The highest BCUT2D eigenvalue weighted by atomic mass is 79.9. The van der Waals surface area contributed by atoms with Crippen LogP contribution in [0.4, 0.5) is 0 Å². The molecule has 1 rings (SSSR count). The van der Waals surface area contributed by atoms with Gasteiger partial charge in [0.1, 0.15) is 0 Å². The first-order valence-electron chi connectivity index (χ1n) is 6.42. The molecule has 0 aromatic heterocycles. The molecule has 1 aromatic carbocycles. The Kier molecular flexibility index (Phi) is 7.20. The minimum absolute atomic E-state index is 0.353. The molecule has 0 bridgehead atoms. The van der Waals surface area contributed by atoms with Crippen molar-refractivity contribution in [2.75, 3.05) is 6.54 Å². The van der Waals surface area contributed by atoms with Crippen molar-refractivity contribution in [2.45, 2.75) is 39.2 Å². The summed E-state index contributed by atoms with van der Waals surface area (Å²) in [7, 11) is 0. The van der Waals surface area contributed by atoms with Crippen LogP contribution in [0.3, 0.4) is 0 Å². The van der Waals surface area contributed by atoms with Gasteiger partial charge in [-0.1, -0.05) is 57.9 Å². The van der Waals surface area contributed by atoms with Crippen LogP contribution in [0.15, 0.2) is 39.3 Å². The van der Waals surface area contributed by atoms with Crippen LogP contribution in [0.5, 0.6) is 0 Å². The number of benzene rings is 1. The normalized spacial score (nSPS) is 12.4. The molecule has 0 aliphatic heterocycles. The Morgan fingerprint density at radius 3 is 2.33 bits per heavy atom. The van der Waals surface area contributed by atoms with Crippen molar-refractivity contribution in [1.29, 1.82) is 0 Å². The first-order valence-corrected chi connectivity index (χ1v) is 8.01. The molecule has 0 radical (unpaired) electrons. The molecule has 0 aliphatic carbocycles. The Balaban J connectivity index is 2.89. The fourth-order valence-electron chi connectivity index (χ4n) is 1.84. The Bertz CT molecular complexity index is 381. The maximum Gasteiger partial charge on any atom is 0.0358 e. The van der Waals surface area contributed by atoms with Gasteiger partial charge in [0.2, 0.25) is 0 Å². The molecule has 0 fully saturated rings. The molecule has 3 heteroatoms. The van der Waals surface area contributed by atoms with E-state index in [0.29, 0.717) is 6.04 Å². The van der Waals surface area contributed by atoms with Gasteiger partial charge in [-0.25, -0.2) is 0 Å². The summed E-state index contributed by atoms with van der Waals surface area (Å²) < 4.78 is 2.22. The molecular weight excluding hydrogens is 354 g/mol. The van der Waals surface area contributed by atoms with Crippen molar-refractivity contribution in [2.24, 2.45) is 0 Å². The lowest BCUT2D eigenvalue weighted by atomic mass is 9.98. The number of hydrogen-bond acceptors (Lipinski definition) is 1. The third-order valence-electron chi connectivity index (χ3n) is 2.92. The maximum absolute atomic E-state index is 4.13. The number of hydrogen-bond donors (Lipinski definition) is 1. The zero-order valence-electron chi connectivity index (χ0n) is 11.1. The van der Waals surface area contributed by atoms with E-state index in [9.17, 15) is 0 Å². The Hall–Kier alpha value is -0.120. The van der Waals surface area contributed by atoms with E-state index in [-0.39, 0.29) is 0 Å². The van der Waals surface area contributed by atoms with E-state index in [1.165, 1.54) is 11.1 Å². The molecule has 1 aromatic rings. The lowest BCUT2D eigenvalue weighted by molar-refractivity contribution is 0.523. The van der Waals surface area contributed by atoms with Gasteiger partial charge in [0, 0.05) is 15.0 Å². The van der Waals surface area contributed by atoms with Crippen LogP contribution < -0.4 is 5.32 Å². The summed E-state index contributed by atoms with van der Waals surface area (Å²) in [6, 6.07) is 6.78. The Morgan fingerprint density at radius 2 is 1.83 bits per heavy atom. The summed E-state index contributed by atoms with van der Waals surface area (Å²) in [5.74, 6) is 0. The van der Waals surface area contributed by atoms with Gasteiger partial charge in [0.05, 0.1) is 0 Å². The van der Waals surface area contributed by atoms with Crippen molar-refractivity contribution in [1.82, 2.24) is 5.32 Å². The van der Waals surface area contributed by atoms with Crippen LogP contribution in [0, 0.1) is 0 Å². The molecule has 0 spiro atoms. The van der Waals surface area contributed by atoms with E-state index in [2.05, 4.69) is 75.8 Å². The standard InChI is InChI=1S/C15H21Br2N/c1-4-6-18-15(7-11(3)5-2)12-8-13(16)10-14(17)9-12/h8-10,15,18H,3-7H2,1-2H3. The van der Waals surface area contributed by atoms with Crippen molar-refractivity contribution < 1.29 is 0 Å². The van der Waals surface area contributed by atoms with E-state index in [1.807, 2.05) is 0 Å². The topological polar surface area (TPSA) is 12.0 Å². The van der Waals surface area contributed by atoms with Crippen molar-refractivity contribution in [3.8, 4) is 0 Å². The zero-order chi connectivity index (χ0) is 13.5. The highest BCUT2D eigenvalue weighted by Gasteiger charge is 2.12. The fourth-order valence-corrected chi connectivity index (χ4v) is 3.16. The number of nitrogens with one attached hydrogen (secondary N) is 1. The minimum Gasteiger partial charge on any atom is -0.310 e. The molecule has 0 aliphatic rings. The molecule has 0 amide bonds. The molecule has 1 N–H and O–H groups in total. The monoisotopic (exact) mass is 373 g/mol. The lowest BCUT2D eigenvalue weighted by Gasteiger charge is -2.20. The molecule has 100 valence electrons. The van der Waals surface area contributed by atoms with Gasteiger partial charge in [-0.2, -0.15) is 0 Å². The van der Waals surface area contributed by atoms with Gasteiger partial charge in [-0.15, -0.1) is 0 Å². The smallest absolute Gasteiger partial charge is 0.0358 e. The molecule has 0 saturated carbocycles. The quantitative estimate of drug-likeness (QED) is 0.611. The fraction of sp³-hybridized carbons (Fsp3) is 0.467. The first kappa shape index (κ1) is 15.9. The largest absolute Gasteiger partial charge is 0.310 e. The lowest BCUT2D eigenvalue weighted by Crippen LogP contribution is -2.22. The number of rotatable bonds is 7. The third-order valence-corrected chi connectivity index (χ3v) is 3.84. The van der Waals surface area contributed by atoms with Gasteiger partial charge >= 0.3 is 0 Å². The average Bonchev–Trinajstić information content (AvgIpc) is 2.32. The van der Waals surface area contributed by atoms with Crippen molar-refractivity contribution >= 4 is 31.9 Å². The molecule has 1 nitrogen and oxygen atoms in total. The summed E-state index contributed by atoms with van der Waals surface area (Å²) in [6.45, 7) is 9.51. The summed E-state index contributed by atoms with van der Waals surface area (Å²) in [5, 5.41) is 3.60. The second-order valence-corrected chi connectivity index (χ2v) is 6.35. The molecular formula is C15H21Br2N. The second kappa shape index (κ2) is 8.13. The summed E-state index contributed by atoms with van der Waals surface area (Å²) in [6.07, 6.45) is 3.18. The number of halogens is 2.